The lowest BCUT2D eigenvalue weighted by Crippen LogP contribution is -2.08. The van der Waals surface area contributed by atoms with Gasteiger partial charge in [-0.15, -0.1) is 5.10 Å². The number of carboxylic acids is 1. The van der Waals surface area contributed by atoms with E-state index < -0.39 is 5.97 Å². The Bertz CT molecular complexity index is 604. The van der Waals surface area contributed by atoms with Gasteiger partial charge >= 0.3 is 5.97 Å². The summed E-state index contributed by atoms with van der Waals surface area (Å²) in [6.45, 7) is 0. The first kappa shape index (κ1) is 11.0. The molecule has 0 saturated carbocycles. The molecule has 1 aromatic carbocycles. The molecule has 5 nitrogen and oxygen atoms in total. The molecular formula is C13H13N3O2. The molecule has 0 bridgehead atoms. The monoisotopic (exact) mass is 243 g/mol. The molecule has 1 N–H and O–H groups in total. The molecule has 1 aromatic heterocycles. The molecule has 0 radical (unpaired) electrons. The Morgan fingerprint density at radius 3 is 2.94 bits per heavy atom. The Morgan fingerprint density at radius 2 is 2.11 bits per heavy atom. The summed E-state index contributed by atoms with van der Waals surface area (Å²) >= 11 is 0. The van der Waals surface area contributed by atoms with Gasteiger partial charge in [-0.2, -0.15) is 0 Å². The number of aromatic nitrogens is 3. The van der Waals surface area contributed by atoms with Gasteiger partial charge in [0.2, 0.25) is 0 Å². The maximum Gasteiger partial charge on any atom is 0.335 e. The van der Waals surface area contributed by atoms with Gasteiger partial charge in [-0.3, -0.25) is 0 Å². The van der Waals surface area contributed by atoms with Crippen LogP contribution in [0.4, 0.5) is 0 Å². The van der Waals surface area contributed by atoms with E-state index in [1.807, 2.05) is 6.07 Å². The highest BCUT2D eigenvalue weighted by Gasteiger charge is 2.18. The van der Waals surface area contributed by atoms with Crippen LogP contribution in [0.15, 0.2) is 24.3 Å². The minimum Gasteiger partial charge on any atom is -0.478 e. The van der Waals surface area contributed by atoms with Crippen LogP contribution in [-0.2, 0) is 12.8 Å². The Kier molecular flexibility index (Phi) is 2.59. The Labute approximate surface area is 104 Å². The summed E-state index contributed by atoms with van der Waals surface area (Å²) in [6.07, 6.45) is 4.22. The van der Waals surface area contributed by atoms with Crippen LogP contribution in [0, 0.1) is 0 Å². The van der Waals surface area contributed by atoms with E-state index in [1.165, 1.54) is 0 Å². The minimum absolute atomic E-state index is 0.271. The average molecular weight is 243 g/mol. The summed E-state index contributed by atoms with van der Waals surface area (Å²) in [5.74, 6) is -0.925. The van der Waals surface area contributed by atoms with E-state index in [-0.39, 0.29) is 5.56 Å². The number of carboxylic acid groups (broad SMARTS) is 1. The molecule has 1 aliphatic rings. The molecule has 1 aliphatic carbocycles. The van der Waals surface area contributed by atoms with Crippen LogP contribution < -0.4 is 0 Å². The first-order valence-corrected chi connectivity index (χ1v) is 6.03. The smallest absolute Gasteiger partial charge is 0.335 e. The topological polar surface area (TPSA) is 68.0 Å². The Balaban J connectivity index is 2.07. The summed E-state index contributed by atoms with van der Waals surface area (Å²) in [5.41, 5.74) is 3.20. The largest absolute Gasteiger partial charge is 0.478 e. The SMILES string of the molecule is O=C(O)c1cccc(-n2nnc3c2CCCC3)c1. The van der Waals surface area contributed by atoms with E-state index in [9.17, 15) is 4.79 Å². The third kappa shape index (κ3) is 1.77. The van der Waals surface area contributed by atoms with E-state index in [0.29, 0.717) is 0 Å². The van der Waals surface area contributed by atoms with Gasteiger partial charge in [-0.25, -0.2) is 9.48 Å². The van der Waals surface area contributed by atoms with Gasteiger partial charge in [0.05, 0.1) is 22.6 Å². The summed E-state index contributed by atoms with van der Waals surface area (Å²) in [7, 11) is 0. The fourth-order valence-corrected chi connectivity index (χ4v) is 2.34. The van der Waals surface area contributed by atoms with Crippen molar-refractivity contribution in [2.45, 2.75) is 25.7 Å². The fourth-order valence-electron chi connectivity index (χ4n) is 2.34. The molecule has 2 aromatic rings. The molecule has 0 spiro atoms. The number of benzene rings is 1. The Hall–Kier alpha value is -2.17. The zero-order valence-corrected chi connectivity index (χ0v) is 9.83. The van der Waals surface area contributed by atoms with Crippen molar-refractivity contribution in [1.29, 1.82) is 0 Å². The number of aromatic carboxylic acids is 1. The van der Waals surface area contributed by atoms with Gasteiger partial charge in [0.15, 0.2) is 0 Å². The summed E-state index contributed by atoms with van der Waals surface area (Å²) in [5, 5.41) is 17.3. The van der Waals surface area contributed by atoms with E-state index >= 15 is 0 Å². The zero-order chi connectivity index (χ0) is 12.5. The first-order valence-electron chi connectivity index (χ1n) is 6.03. The lowest BCUT2D eigenvalue weighted by molar-refractivity contribution is 0.0697. The van der Waals surface area contributed by atoms with E-state index in [0.717, 1.165) is 42.8 Å². The van der Waals surface area contributed by atoms with Gasteiger partial charge in [0, 0.05) is 0 Å². The zero-order valence-electron chi connectivity index (χ0n) is 9.83. The molecule has 0 atom stereocenters. The van der Waals surface area contributed by atoms with Crippen molar-refractivity contribution in [2.24, 2.45) is 0 Å². The van der Waals surface area contributed by atoms with Crippen LogP contribution in [0.25, 0.3) is 5.69 Å². The van der Waals surface area contributed by atoms with Crippen LogP contribution >= 0.6 is 0 Å². The van der Waals surface area contributed by atoms with E-state index in [4.69, 9.17) is 5.11 Å². The molecule has 0 amide bonds. The van der Waals surface area contributed by atoms with Crippen molar-refractivity contribution in [2.75, 3.05) is 0 Å². The third-order valence-electron chi connectivity index (χ3n) is 3.26. The van der Waals surface area contributed by atoms with Crippen molar-refractivity contribution in [3.8, 4) is 5.69 Å². The highest BCUT2D eigenvalue weighted by molar-refractivity contribution is 5.88. The predicted octanol–water partition coefficient (Wildman–Crippen LogP) is 1.84. The van der Waals surface area contributed by atoms with Crippen molar-refractivity contribution in [3.05, 3.63) is 41.2 Å². The van der Waals surface area contributed by atoms with Gasteiger partial charge in [0.25, 0.3) is 0 Å². The lowest BCUT2D eigenvalue weighted by Gasteiger charge is -2.12. The van der Waals surface area contributed by atoms with Crippen molar-refractivity contribution in [1.82, 2.24) is 15.0 Å². The second-order valence-corrected chi connectivity index (χ2v) is 4.46. The average Bonchev–Trinajstić information content (AvgIpc) is 2.82. The molecule has 5 heteroatoms. The minimum atomic E-state index is -0.925. The number of aryl methyl sites for hydroxylation is 1. The van der Waals surface area contributed by atoms with Gasteiger partial charge < -0.3 is 5.11 Å². The molecule has 0 aliphatic heterocycles. The predicted molar refractivity (Wildman–Crippen MR) is 65.0 cm³/mol. The summed E-state index contributed by atoms with van der Waals surface area (Å²) < 4.78 is 1.76. The molecule has 0 unspecified atom stereocenters. The van der Waals surface area contributed by atoms with E-state index in [1.54, 1.807) is 22.9 Å². The summed E-state index contributed by atoms with van der Waals surface area (Å²) in [4.78, 5) is 11.0. The van der Waals surface area contributed by atoms with Crippen LogP contribution in [0.5, 0.6) is 0 Å². The second kappa shape index (κ2) is 4.25. The highest BCUT2D eigenvalue weighted by atomic mass is 16.4. The number of nitrogens with zero attached hydrogens (tertiary/aromatic N) is 3. The molecule has 0 fully saturated rings. The number of hydrogen-bond acceptors (Lipinski definition) is 3. The Morgan fingerprint density at radius 1 is 1.28 bits per heavy atom. The van der Waals surface area contributed by atoms with Crippen LogP contribution in [0.3, 0.4) is 0 Å². The van der Waals surface area contributed by atoms with Gasteiger partial charge in [-0.05, 0) is 43.9 Å². The van der Waals surface area contributed by atoms with Crippen molar-refractivity contribution >= 4 is 5.97 Å². The fraction of sp³-hybridized carbons (Fsp3) is 0.308. The maximum atomic E-state index is 11.0. The third-order valence-corrected chi connectivity index (χ3v) is 3.26. The normalized spacial score (nSPS) is 14.2. The molecule has 0 saturated heterocycles. The standard InChI is InChI=1S/C13H13N3O2/c17-13(18)9-4-3-5-10(8-9)16-12-7-2-1-6-11(12)14-15-16/h3-5,8H,1-2,6-7H2,(H,17,18). The molecular weight excluding hydrogens is 230 g/mol. The summed E-state index contributed by atoms with van der Waals surface area (Å²) in [6, 6.07) is 6.80. The number of carbonyl (C=O) groups is 1. The van der Waals surface area contributed by atoms with Gasteiger partial charge in [-0.1, -0.05) is 11.3 Å². The van der Waals surface area contributed by atoms with Crippen molar-refractivity contribution in [3.63, 3.8) is 0 Å². The quantitative estimate of drug-likeness (QED) is 0.873. The lowest BCUT2D eigenvalue weighted by atomic mass is 10.0. The number of rotatable bonds is 2. The van der Waals surface area contributed by atoms with Gasteiger partial charge in [0.1, 0.15) is 0 Å². The molecule has 1 heterocycles. The van der Waals surface area contributed by atoms with Crippen LogP contribution in [0.2, 0.25) is 0 Å². The van der Waals surface area contributed by atoms with Crippen LogP contribution in [0.1, 0.15) is 34.6 Å². The van der Waals surface area contributed by atoms with E-state index in [2.05, 4.69) is 10.3 Å². The van der Waals surface area contributed by atoms with Crippen molar-refractivity contribution < 1.29 is 9.90 Å². The number of fused-ring (bicyclic) bond motifs is 1. The molecule has 18 heavy (non-hydrogen) atoms. The number of hydrogen-bond donors (Lipinski definition) is 1. The maximum absolute atomic E-state index is 11.0. The molecule has 92 valence electrons. The van der Waals surface area contributed by atoms with Crippen LogP contribution in [-0.4, -0.2) is 26.1 Å². The first-order chi connectivity index (χ1) is 8.75. The molecule has 3 rings (SSSR count). The highest BCUT2D eigenvalue weighted by Crippen LogP contribution is 2.22. The second-order valence-electron chi connectivity index (χ2n) is 4.46.